The number of anilines is 1. The predicted molar refractivity (Wildman–Crippen MR) is 120 cm³/mol. The lowest BCUT2D eigenvalue weighted by molar-refractivity contribution is -0.153. The average Bonchev–Trinajstić information content (AvgIpc) is 3.23. The summed E-state index contributed by atoms with van der Waals surface area (Å²) < 4.78 is 43.5. The minimum absolute atomic E-state index is 0.0644. The molecule has 1 amide bonds. The van der Waals surface area contributed by atoms with Gasteiger partial charge >= 0.3 is 6.18 Å². The van der Waals surface area contributed by atoms with E-state index in [1.165, 1.54) is 47.8 Å². The van der Waals surface area contributed by atoms with Gasteiger partial charge in [-0.15, -0.1) is 0 Å². The van der Waals surface area contributed by atoms with E-state index < -0.39 is 18.7 Å². The molecule has 0 aliphatic heterocycles. The smallest absolute Gasteiger partial charge is 0.422 e. The Labute approximate surface area is 201 Å². The lowest BCUT2D eigenvalue weighted by atomic mass is 10.1. The number of carbonyl (C=O) groups is 2. The molecule has 0 aliphatic carbocycles. The largest absolute Gasteiger partial charge is 0.483 e. The van der Waals surface area contributed by atoms with Gasteiger partial charge in [0.25, 0.3) is 12.4 Å². The third-order valence-electron chi connectivity index (χ3n) is 4.28. The molecule has 0 saturated carbocycles. The maximum Gasteiger partial charge on any atom is 0.422 e. The van der Waals surface area contributed by atoms with Crippen LogP contribution in [0.15, 0.2) is 61.4 Å². The van der Waals surface area contributed by atoms with Gasteiger partial charge in [0.2, 0.25) is 0 Å². The monoisotopic (exact) mass is 501 g/mol. The van der Waals surface area contributed by atoms with Crippen molar-refractivity contribution in [3.63, 3.8) is 0 Å². The standard InChI is InChI=1S/C21H16F3N7O2.CH2O2/c1-31-11-18(19(30-31)17-10-25-5-6-27-17)29-20(32)16-4-2-3-15(28-16)13-7-14(9-26-8-13)33-12-21(22,23)24;2-1-3/h2-11H,12H2,1H3,(H,29,32);1H,(H,2,3). The van der Waals surface area contributed by atoms with Crippen molar-refractivity contribution in [3.8, 4) is 28.4 Å². The summed E-state index contributed by atoms with van der Waals surface area (Å²) in [5.41, 5.74) is 2.16. The highest BCUT2D eigenvalue weighted by molar-refractivity contribution is 6.04. The molecule has 2 N–H and O–H groups in total. The number of alkyl halides is 3. The van der Waals surface area contributed by atoms with E-state index >= 15 is 0 Å². The Morgan fingerprint density at radius 2 is 1.94 bits per heavy atom. The third-order valence-corrected chi connectivity index (χ3v) is 4.28. The molecule has 0 unspecified atom stereocenters. The third kappa shape index (κ3) is 7.06. The fourth-order valence-corrected chi connectivity index (χ4v) is 2.90. The van der Waals surface area contributed by atoms with Gasteiger partial charge in [-0.3, -0.25) is 29.2 Å². The van der Waals surface area contributed by atoms with E-state index in [0.717, 1.165) is 0 Å². The van der Waals surface area contributed by atoms with Gasteiger partial charge in [0.05, 0.1) is 23.8 Å². The molecular weight excluding hydrogens is 483 g/mol. The van der Waals surface area contributed by atoms with Gasteiger partial charge in [-0.1, -0.05) is 6.07 Å². The highest BCUT2D eigenvalue weighted by Crippen LogP contribution is 2.26. The van der Waals surface area contributed by atoms with Crippen LogP contribution in [0.2, 0.25) is 0 Å². The lowest BCUT2D eigenvalue weighted by Crippen LogP contribution is -2.19. The number of amides is 1. The van der Waals surface area contributed by atoms with Gasteiger partial charge in [0.15, 0.2) is 6.61 Å². The topological polar surface area (TPSA) is 145 Å². The molecule has 0 atom stereocenters. The van der Waals surface area contributed by atoms with Gasteiger partial charge in [0, 0.05) is 37.4 Å². The van der Waals surface area contributed by atoms with E-state index in [1.807, 2.05) is 0 Å². The van der Waals surface area contributed by atoms with E-state index in [1.54, 1.807) is 25.4 Å². The molecule has 14 heteroatoms. The summed E-state index contributed by atoms with van der Waals surface area (Å²) >= 11 is 0. The van der Waals surface area contributed by atoms with Crippen LogP contribution in [0, 0.1) is 0 Å². The van der Waals surface area contributed by atoms with E-state index in [2.05, 4.69) is 30.4 Å². The first-order valence-electron chi connectivity index (χ1n) is 10.0. The minimum Gasteiger partial charge on any atom is -0.483 e. The molecule has 0 bridgehead atoms. The normalized spacial score (nSPS) is 10.7. The van der Waals surface area contributed by atoms with Crippen molar-refractivity contribution in [2.45, 2.75) is 6.18 Å². The van der Waals surface area contributed by atoms with Gasteiger partial charge in [-0.25, -0.2) is 4.98 Å². The number of carboxylic acid groups (broad SMARTS) is 1. The number of rotatable bonds is 6. The zero-order valence-corrected chi connectivity index (χ0v) is 18.5. The maximum absolute atomic E-state index is 12.9. The van der Waals surface area contributed by atoms with E-state index in [9.17, 15) is 18.0 Å². The van der Waals surface area contributed by atoms with Gasteiger partial charge < -0.3 is 15.2 Å². The van der Waals surface area contributed by atoms with Crippen LogP contribution < -0.4 is 10.1 Å². The maximum atomic E-state index is 12.9. The summed E-state index contributed by atoms with van der Waals surface area (Å²) in [5.74, 6) is -0.571. The van der Waals surface area contributed by atoms with Gasteiger partial charge in [-0.05, 0) is 18.2 Å². The first kappa shape index (κ1) is 25.7. The summed E-state index contributed by atoms with van der Waals surface area (Å²) in [7, 11) is 1.70. The SMILES string of the molecule is Cn1cc(NC(=O)c2cccc(-c3cncc(OCC(F)(F)F)c3)n2)c(-c2cnccn2)n1.O=CO. The number of hydrogen-bond acceptors (Lipinski definition) is 8. The number of halogens is 3. The zero-order valence-electron chi connectivity index (χ0n) is 18.5. The number of aromatic nitrogens is 6. The van der Waals surface area contributed by atoms with Crippen molar-refractivity contribution in [2.24, 2.45) is 7.05 Å². The van der Waals surface area contributed by atoms with Crippen LogP contribution in [0.5, 0.6) is 5.75 Å². The second kappa shape index (κ2) is 11.5. The molecule has 0 aliphatic rings. The quantitative estimate of drug-likeness (QED) is 0.380. The van der Waals surface area contributed by atoms with Crippen LogP contribution in [0.1, 0.15) is 10.5 Å². The second-order valence-electron chi connectivity index (χ2n) is 6.94. The molecule has 4 aromatic rings. The number of nitrogens with one attached hydrogen (secondary N) is 1. The Hall–Kier alpha value is -4.88. The minimum atomic E-state index is -4.47. The number of nitrogens with zero attached hydrogens (tertiary/aromatic N) is 6. The summed E-state index contributed by atoms with van der Waals surface area (Å²) in [6, 6.07) is 6.09. The zero-order chi connectivity index (χ0) is 26.1. The van der Waals surface area contributed by atoms with Gasteiger partial charge in [0.1, 0.15) is 22.8 Å². The molecule has 0 spiro atoms. The Morgan fingerprint density at radius 1 is 1.17 bits per heavy atom. The molecule has 4 heterocycles. The number of hydrogen-bond donors (Lipinski definition) is 2. The molecule has 0 fully saturated rings. The Balaban J connectivity index is 0.00000115. The Morgan fingerprint density at radius 3 is 2.64 bits per heavy atom. The van der Waals surface area contributed by atoms with Crippen molar-refractivity contribution in [1.82, 2.24) is 29.7 Å². The van der Waals surface area contributed by atoms with Crippen molar-refractivity contribution in [2.75, 3.05) is 11.9 Å². The van der Waals surface area contributed by atoms with Crippen LogP contribution in [0.4, 0.5) is 18.9 Å². The molecule has 4 aromatic heterocycles. The first-order valence-corrected chi connectivity index (χ1v) is 10.0. The summed E-state index contributed by atoms with van der Waals surface area (Å²) in [6.45, 7) is -1.69. The lowest BCUT2D eigenvalue weighted by Gasteiger charge is -2.10. The first-order chi connectivity index (χ1) is 17.2. The van der Waals surface area contributed by atoms with Crippen LogP contribution in [0.25, 0.3) is 22.6 Å². The molecule has 186 valence electrons. The van der Waals surface area contributed by atoms with Crippen LogP contribution in [-0.2, 0) is 11.8 Å². The van der Waals surface area contributed by atoms with Crippen molar-refractivity contribution in [1.29, 1.82) is 0 Å². The fourth-order valence-electron chi connectivity index (χ4n) is 2.90. The van der Waals surface area contributed by atoms with Crippen molar-refractivity contribution < 1.29 is 32.6 Å². The summed E-state index contributed by atoms with van der Waals surface area (Å²) in [4.78, 5) is 37.6. The van der Waals surface area contributed by atoms with E-state index in [4.69, 9.17) is 14.6 Å². The highest BCUT2D eigenvalue weighted by atomic mass is 19.4. The average molecular weight is 501 g/mol. The van der Waals surface area contributed by atoms with E-state index in [-0.39, 0.29) is 17.9 Å². The van der Waals surface area contributed by atoms with Crippen LogP contribution >= 0.6 is 0 Å². The Bertz CT molecular complexity index is 1330. The van der Waals surface area contributed by atoms with E-state index in [0.29, 0.717) is 28.3 Å². The molecule has 36 heavy (non-hydrogen) atoms. The Kier molecular flexibility index (Phi) is 8.22. The molecule has 11 nitrogen and oxygen atoms in total. The summed E-state index contributed by atoms with van der Waals surface area (Å²) in [5, 5.41) is 14.0. The van der Waals surface area contributed by atoms with Crippen molar-refractivity contribution in [3.05, 3.63) is 67.1 Å². The van der Waals surface area contributed by atoms with Gasteiger partial charge in [-0.2, -0.15) is 18.3 Å². The molecule has 0 saturated heterocycles. The fraction of sp³-hybridized carbons (Fsp3) is 0.136. The number of carbonyl (C=O) groups excluding carboxylic acids is 1. The molecule has 0 radical (unpaired) electrons. The number of aryl methyl sites for hydroxylation is 1. The molecule has 4 rings (SSSR count). The van der Waals surface area contributed by atoms with Crippen molar-refractivity contribution >= 4 is 18.1 Å². The second-order valence-corrected chi connectivity index (χ2v) is 6.94. The number of pyridine rings is 2. The predicted octanol–water partition coefficient (Wildman–Crippen LogP) is 3.23. The number of ether oxygens (including phenoxy) is 1. The van der Waals surface area contributed by atoms with Crippen LogP contribution in [-0.4, -0.2) is 60.0 Å². The molecule has 0 aromatic carbocycles. The summed E-state index contributed by atoms with van der Waals surface area (Å²) in [6.07, 6.45) is 4.30. The molecular formula is C22H18F3N7O4. The highest BCUT2D eigenvalue weighted by Gasteiger charge is 2.28. The van der Waals surface area contributed by atoms with Crippen LogP contribution in [0.3, 0.4) is 0 Å².